The molecule has 0 fully saturated rings. The first-order valence-corrected chi connectivity index (χ1v) is 3.96. The predicted molar refractivity (Wildman–Crippen MR) is 42.8 cm³/mol. The van der Waals surface area contributed by atoms with Crippen LogP contribution in [-0.2, 0) is 0 Å². The van der Waals surface area contributed by atoms with E-state index >= 15 is 0 Å². The maximum atomic E-state index is 5.10. The Balaban J connectivity index is 0. The first-order chi connectivity index (χ1) is 3.81. The molecule has 50 valence electrons. The second-order valence-corrected chi connectivity index (χ2v) is 2.03. The molecule has 0 radical (unpaired) electrons. The van der Waals surface area contributed by atoms with Gasteiger partial charge in [-0.15, -0.1) is 11.8 Å². The largest absolute Gasteiger partial charge is 0.404 e. The molecule has 2 heteroatoms. The summed E-state index contributed by atoms with van der Waals surface area (Å²) in [6, 6.07) is 0. The third-order valence-electron chi connectivity index (χ3n) is 0.557. The van der Waals surface area contributed by atoms with Gasteiger partial charge in [-0.1, -0.05) is 13.8 Å². The van der Waals surface area contributed by atoms with E-state index in [-0.39, 0.29) is 0 Å². The Bertz CT molecular complexity index is 59.5. The number of rotatable bonds is 1. The van der Waals surface area contributed by atoms with Crippen LogP contribution in [0.3, 0.4) is 0 Å². The Morgan fingerprint density at radius 2 is 1.88 bits per heavy atom. The lowest BCUT2D eigenvalue weighted by molar-refractivity contribution is 1.50. The number of allylic oxidation sites excluding steroid dienone is 1. The maximum Gasteiger partial charge on any atom is 0.00316 e. The summed E-state index contributed by atoms with van der Waals surface area (Å²) in [4.78, 5) is 1.16. The molecule has 0 aliphatic heterocycles. The van der Waals surface area contributed by atoms with Gasteiger partial charge in [0.05, 0.1) is 0 Å². The maximum absolute atomic E-state index is 5.10. The summed E-state index contributed by atoms with van der Waals surface area (Å²) in [5, 5.41) is 0. The van der Waals surface area contributed by atoms with Gasteiger partial charge in [0.15, 0.2) is 0 Å². The summed E-state index contributed by atoms with van der Waals surface area (Å²) in [7, 11) is 0. The SMILES string of the molecule is CC.CS/C(C)=C\N. The molecule has 8 heavy (non-hydrogen) atoms. The molecule has 0 saturated heterocycles. The molecule has 0 aliphatic rings. The quantitative estimate of drug-likeness (QED) is 0.593. The zero-order valence-corrected chi connectivity index (χ0v) is 6.88. The third-order valence-corrected chi connectivity index (χ3v) is 1.34. The van der Waals surface area contributed by atoms with Gasteiger partial charge in [-0.3, -0.25) is 0 Å². The van der Waals surface area contributed by atoms with Crippen molar-refractivity contribution in [3.8, 4) is 0 Å². The zero-order chi connectivity index (χ0) is 6.99. The monoisotopic (exact) mass is 133 g/mol. The fourth-order valence-corrected chi connectivity index (χ4v) is 0.204. The molecule has 0 bridgehead atoms. The van der Waals surface area contributed by atoms with E-state index < -0.39 is 0 Å². The van der Waals surface area contributed by atoms with Crippen molar-refractivity contribution in [1.82, 2.24) is 0 Å². The second-order valence-electron chi connectivity index (χ2n) is 0.981. The Morgan fingerprint density at radius 1 is 1.50 bits per heavy atom. The zero-order valence-electron chi connectivity index (χ0n) is 6.06. The summed E-state index contributed by atoms with van der Waals surface area (Å²) in [5.41, 5.74) is 5.10. The summed E-state index contributed by atoms with van der Waals surface area (Å²) in [6.45, 7) is 5.98. The molecule has 0 amide bonds. The standard InChI is InChI=1S/C4H9NS.C2H6/c1-4(3-5)6-2;1-2/h3H,5H2,1-2H3;1-2H3/b4-3-;. The minimum Gasteiger partial charge on any atom is -0.404 e. The average molecular weight is 133 g/mol. The van der Waals surface area contributed by atoms with Gasteiger partial charge in [0.2, 0.25) is 0 Å². The van der Waals surface area contributed by atoms with Gasteiger partial charge in [0.1, 0.15) is 0 Å². The first kappa shape index (κ1) is 10.8. The lowest BCUT2D eigenvalue weighted by Crippen LogP contribution is -1.77. The normalized spacial score (nSPS) is 9.75. The van der Waals surface area contributed by atoms with Gasteiger partial charge in [0, 0.05) is 6.20 Å². The highest BCUT2D eigenvalue weighted by Crippen LogP contribution is 2.05. The van der Waals surface area contributed by atoms with Crippen LogP contribution >= 0.6 is 11.8 Å². The Morgan fingerprint density at radius 3 is 1.88 bits per heavy atom. The molecule has 0 aromatic heterocycles. The molecule has 0 saturated carbocycles. The van der Waals surface area contributed by atoms with E-state index in [1.807, 2.05) is 27.0 Å². The van der Waals surface area contributed by atoms with Crippen molar-refractivity contribution in [1.29, 1.82) is 0 Å². The summed E-state index contributed by atoms with van der Waals surface area (Å²) < 4.78 is 0. The lowest BCUT2D eigenvalue weighted by atomic mass is 10.7. The predicted octanol–water partition coefficient (Wildman–Crippen LogP) is 2.20. The minimum atomic E-state index is 1.16. The van der Waals surface area contributed by atoms with Crippen molar-refractivity contribution in [2.75, 3.05) is 6.26 Å². The number of thioether (sulfide) groups is 1. The van der Waals surface area contributed by atoms with Crippen molar-refractivity contribution in [3.05, 3.63) is 11.1 Å². The molecular weight excluding hydrogens is 118 g/mol. The molecule has 0 unspecified atom stereocenters. The smallest absolute Gasteiger partial charge is 0.00316 e. The summed E-state index contributed by atoms with van der Waals surface area (Å²) >= 11 is 1.66. The van der Waals surface area contributed by atoms with Crippen molar-refractivity contribution >= 4 is 11.8 Å². The van der Waals surface area contributed by atoms with Gasteiger partial charge in [-0.05, 0) is 18.1 Å². The van der Waals surface area contributed by atoms with E-state index in [9.17, 15) is 0 Å². The summed E-state index contributed by atoms with van der Waals surface area (Å²) in [5.74, 6) is 0. The van der Waals surface area contributed by atoms with Crippen molar-refractivity contribution in [2.24, 2.45) is 5.73 Å². The number of hydrogen-bond acceptors (Lipinski definition) is 2. The van der Waals surface area contributed by atoms with Crippen molar-refractivity contribution < 1.29 is 0 Å². The van der Waals surface area contributed by atoms with Crippen LogP contribution < -0.4 is 5.73 Å². The van der Waals surface area contributed by atoms with Crippen LogP contribution in [0.5, 0.6) is 0 Å². The molecule has 0 aromatic rings. The first-order valence-electron chi connectivity index (χ1n) is 2.73. The molecule has 2 N–H and O–H groups in total. The van der Waals surface area contributed by atoms with Crippen LogP contribution in [-0.4, -0.2) is 6.26 Å². The van der Waals surface area contributed by atoms with Gasteiger partial charge in [-0.25, -0.2) is 0 Å². The van der Waals surface area contributed by atoms with E-state index in [2.05, 4.69) is 0 Å². The van der Waals surface area contributed by atoms with Gasteiger partial charge in [0.25, 0.3) is 0 Å². The highest BCUT2D eigenvalue weighted by Gasteiger charge is 1.74. The number of hydrogen-bond donors (Lipinski definition) is 1. The fraction of sp³-hybridized carbons (Fsp3) is 0.667. The Hall–Kier alpha value is -0.110. The van der Waals surface area contributed by atoms with E-state index in [4.69, 9.17) is 5.73 Å². The number of nitrogens with two attached hydrogens (primary N) is 1. The highest BCUT2D eigenvalue weighted by atomic mass is 32.2. The molecule has 0 spiro atoms. The Kier molecular flexibility index (Phi) is 13.5. The molecule has 0 aromatic carbocycles. The van der Waals surface area contributed by atoms with Crippen LogP contribution in [0.4, 0.5) is 0 Å². The topological polar surface area (TPSA) is 26.0 Å². The van der Waals surface area contributed by atoms with Crippen LogP contribution in [0, 0.1) is 0 Å². The molecular formula is C6H15NS. The Labute approximate surface area is 56.3 Å². The van der Waals surface area contributed by atoms with E-state index in [0.717, 1.165) is 4.91 Å². The minimum absolute atomic E-state index is 1.16. The molecule has 1 nitrogen and oxygen atoms in total. The van der Waals surface area contributed by atoms with E-state index in [0.29, 0.717) is 0 Å². The van der Waals surface area contributed by atoms with Gasteiger partial charge >= 0.3 is 0 Å². The van der Waals surface area contributed by atoms with Gasteiger partial charge in [-0.2, -0.15) is 0 Å². The van der Waals surface area contributed by atoms with Crippen LogP contribution in [0.1, 0.15) is 20.8 Å². The van der Waals surface area contributed by atoms with E-state index in [1.165, 1.54) is 0 Å². The van der Waals surface area contributed by atoms with Crippen molar-refractivity contribution in [2.45, 2.75) is 20.8 Å². The molecule has 0 atom stereocenters. The van der Waals surface area contributed by atoms with Crippen LogP contribution in [0.15, 0.2) is 11.1 Å². The molecule has 0 aliphatic carbocycles. The molecule has 0 rings (SSSR count). The third kappa shape index (κ3) is 9.31. The second kappa shape index (κ2) is 10.00. The molecule has 0 heterocycles. The van der Waals surface area contributed by atoms with Crippen molar-refractivity contribution in [3.63, 3.8) is 0 Å². The average Bonchev–Trinajstić information content (AvgIpc) is 1.91. The lowest BCUT2D eigenvalue weighted by Gasteiger charge is -1.84. The van der Waals surface area contributed by atoms with Crippen LogP contribution in [0.2, 0.25) is 0 Å². The van der Waals surface area contributed by atoms with Gasteiger partial charge < -0.3 is 5.73 Å². The highest BCUT2D eigenvalue weighted by molar-refractivity contribution is 8.02. The van der Waals surface area contributed by atoms with E-state index in [1.54, 1.807) is 18.0 Å². The summed E-state index contributed by atoms with van der Waals surface area (Å²) in [6.07, 6.45) is 3.60. The fourth-order valence-electron chi connectivity index (χ4n) is 0.0680. The van der Waals surface area contributed by atoms with Crippen LogP contribution in [0.25, 0.3) is 0 Å².